The lowest BCUT2D eigenvalue weighted by Crippen LogP contribution is -2.48. The number of amides is 2. The van der Waals surface area contributed by atoms with Crippen LogP contribution in [0.5, 0.6) is 0 Å². The number of urea groups is 1. The van der Waals surface area contributed by atoms with Crippen LogP contribution in [0.2, 0.25) is 0 Å². The minimum Gasteiger partial charge on any atom is -0.351 e. The number of carbonyl (C=O) groups excluding carboxylic acids is 1. The Balaban J connectivity index is 1.45. The molecule has 2 aliphatic heterocycles. The monoisotopic (exact) mass is 309 g/mol. The molecule has 0 aliphatic carbocycles. The van der Waals surface area contributed by atoms with Gasteiger partial charge in [-0.05, 0) is 12.1 Å². The lowest BCUT2D eigenvalue weighted by Gasteiger charge is -2.40. The highest BCUT2D eigenvalue weighted by Gasteiger charge is 2.32. The molecule has 0 aromatic carbocycles. The van der Waals surface area contributed by atoms with Crippen LogP contribution >= 0.6 is 0 Å². The fourth-order valence-electron chi connectivity index (χ4n) is 2.92. The molecule has 0 spiro atoms. The van der Waals surface area contributed by atoms with Crippen molar-refractivity contribution in [2.75, 3.05) is 36.0 Å². The standard InChI is InChI=1S/C15H15N7O/c16-6-11-2-1-3-17-14(11)20-8-13(9-20)22-10-12(7-19-22)21-5-4-18-15(21)23/h1-3,7,10,13H,4-5,8-9H2,(H,18,23). The zero-order valence-corrected chi connectivity index (χ0v) is 12.4. The van der Waals surface area contributed by atoms with Crippen LogP contribution in [0.1, 0.15) is 11.6 Å². The van der Waals surface area contributed by atoms with Gasteiger partial charge in [-0.25, -0.2) is 9.78 Å². The molecule has 8 nitrogen and oxygen atoms in total. The summed E-state index contributed by atoms with van der Waals surface area (Å²) in [5, 5.41) is 16.3. The third-order valence-electron chi connectivity index (χ3n) is 4.20. The Bertz CT molecular complexity index is 787. The summed E-state index contributed by atoms with van der Waals surface area (Å²) >= 11 is 0. The van der Waals surface area contributed by atoms with Crippen molar-refractivity contribution < 1.29 is 4.79 Å². The van der Waals surface area contributed by atoms with E-state index in [9.17, 15) is 4.79 Å². The van der Waals surface area contributed by atoms with Gasteiger partial charge in [0, 0.05) is 38.6 Å². The largest absolute Gasteiger partial charge is 0.351 e. The smallest absolute Gasteiger partial charge is 0.322 e. The van der Waals surface area contributed by atoms with Crippen molar-refractivity contribution in [1.29, 1.82) is 5.26 Å². The Morgan fingerprint density at radius 3 is 3.00 bits per heavy atom. The lowest BCUT2D eigenvalue weighted by atomic mass is 10.1. The Kier molecular flexibility index (Phi) is 3.12. The van der Waals surface area contributed by atoms with E-state index in [0.717, 1.165) is 24.6 Å². The number of hydrogen-bond acceptors (Lipinski definition) is 5. The van der Waals surface area contributed by atoms with E-state index >= 15 is 0 Å². The minimum absolute atomic E-state index is 0.0769. The molecule has 23 heavy (non-hydrogen) atoms. The topological polar surface area (TPSA) is 90.1 Å². The summed E-state index contributed by atoms with van der Waals surface area (Å²) in [5.74, 6) is 0.720. The van der Waals surface area contributed by atoms with E-state index in [1.165, 1.54) is 0 Å². The van der Waals surface area contributed by atoms with Crippen LogP contribution in [0.4, 0.5) is 16.3 Å². The number of anilines is 2. The predicted octanol–water partition coefficient (Wildman–Crippen LogP) is 0.741. The molecule has 0 bridgehead atoms. The van der Waals surface area contributed by atoms with Crippen molar-refractivity contribution in [3.8, 4) is 6.07 Å². The average molecular weight is 309 g/mol. The van der Waals surface area contributed by atoms with Gasteiger partial charge in [0.15, 0.2) is 0 Å². The van der Waals surface area contributed by atoms with Crippen molar-refractivity contribution >= 4 is 17.5 Å². The van der Waals surface area contributed by atoms with Gasteiger partial charge in [0.05, 0.1) is 23.5 Å². The molecule has 2 aliphatic rings. The molecule has 2 amide bonds. The number of aromatic nitrogens is 3. The van der Waals surface area contributed by atoms with Gasteiger partial charge in [-0.3, -0.25) is 9.58 Å². The Hall–Kier alpha value is -3.08. The number of pyridine rings is 1. The highest BCUT2D eigenvalue weighted by Crippen LogP contribution is 2.29. The molecule has 2 fully saturated rings. The summed E-state index contributed by atoms with van der Waals surface area (Å²) in [6.45, 7) is 2.83. The highest BCUT2D eigenvalue weighted by atomic mass is 16.2. The average Bonchev–Trinajstić information content (AvgIpc) is 3.15. The van der Waals surface area contributed by atoms with Gasteiger partial charge in [-0.2, -0.15) is 10.4 Å². The summed E-state index contributed by atoms with van der Waals surface area (Å²) in [4.78, 5) is 19.7. The fourth-order valence-corrected chi connectivity index (χ4v) is 2.92. The number of nitrogens with one attached hydrogen (secondary N) is 1. The van der Waals surface area contributed by atoms with Crippen LogP contribution < -0.4 is 15.1 Å². The summed E-state index contributed by atoms with van der Waals surface area (Å²) < 4.78 is 1.88. The molecule has 8 heteroatoms. The Morgan fingerprint density at radius 2 is 2.26 bits per heavy atom. The second-order valence-electron chi connectivity index (χ2n) is 5.61. The van der Waals surface area contributed by atoms with Gasteiger partial charge in [0.1, 0.15) is 11.9 Å². The van der Waals surface area contributed by atoms with Gasteiger partial charge < -0.3 is 10.2 Å². The molecule has 1 N–H and O–H groups in total. The van der Waals surface area contributed by atoms with E-state index in [2.05, 4.69) is 26.4 Å². The SMILES string of the molecule is N#Cc1cccnc1N1CC(n2cc(N3CCNC3=O)cn2)C1. The van der Waals surface area contributed by atoms with Crippen molar-refractivity contribution in [3.05, 3.63) is 36.3 Å². The third-order valence-corrected chi connectivity index (χ3v) is 4.20. The van der Waals surface area contributed by atoms with Gasteiger partial charge in [-0.15, -0.1) is 0 Å². The molecule has 2 aromatic rings. The van der Waals surface area contributed by atoms with Crippen LogP contribution in [0.3, 0.4) is 0 Å². The first-order valence-corrected chi connectivity index (χ1v) is 7.46. The molecule has 0 saturated carbocycles. The van der Waals surface area contributed by atoms with E-state index in [0.29, 0.717) is 18.7 Å². The minimum atomic E-state index is -0.0769. The van der Waals surface area contributed by atoms with E-state index in [4.69, 9.17) is 5.26 Å². The van der Waals surface area contributed by atoms with Gasteiger partial charge >= 0.3 is 6.03 Å². The van der Waals surface area contributed by atoms with Crippen molar-refractivity contribution in [2.24, 2.45) is 0 Å². The van der Waals surface area contributed by atoms with Crippen LogP contribution in [-0.2, 0) is 0 Å². The number of nitrogens with zero attached hydrogens (tertiary/aromatic N) is 6. The normalized spacial score (nSPS) is 17.8. The van der Waals surface area contributed by atoms with Gasteiger partial charge in [-0.1, -0.05) is 0 Å². The summed E-state index contributed by atoms with van der Waals surface area (Å²) in [5.41, 5.74) is 1.40. The quantitative estimate of drug-likeness (QED) is 0.903. The molecule has 0 atom stereocenters. The second kappa shape index (κ2) is 5.28. The predicted molar refractivity (Wildman–Crippen MR) is 83.2 cm³/mol. The van der Waals surface area contributed by atoms with E-state index in [-0.39, 0.29) is 12.1 Å². The number of hydrogen-bond donors (Lipinski definition) is 1. The third kappa shape index (κ3) is 2.26. The molecule has 0 radical (unpaired) electrons. The first-order valence-electron chi connectivity index (χ1n) is 7.46. The molecule has 116 valence electrons. The maximum atomic E-state index is 11.7. The maximum absolute atomic E-state index is 11.7. The molecule has 2 saturated heterocycles. The van der Waals surface area contributed by atoms with Crippen LogP contribution in [0.25, 0.3) is 0 Å². The highest BCUT2D eigenvalue weighted by molar-refractivity contribution is 5.93. The van der Waals surface area contributed by atoms with Gasteiger partial charge in [0.2, 0.25) is 0 Å². The molecule has 0 unspecified atom stereocenters. The van der Waals surface area contributed by atoms with Crippen molar-refractivity contribution in [3.63, 3.8) is 0 Å². The second-order valence-corrected chi connectivity index (χ2v) is 5.61. The number of carbonyl (C=O) groups is 1. The first kappa shape index (κ1) is 13.6. The molecular formula is C15H15N7O. The van der Waals surface area contributed by atoms with E-state index < -0.39 is 0 Å². The molecular weight excluding hydrogens is 294 g/mol. The molecule has 4 rings (SSSR count). The zero-order valence-electron chi connectivity index (χ0n) is 12.4. The summed E-state index contributed by atoms with van der Waals surface area (Å²) in [7, 11) is 0. The maximum Gasteiger partial charge on any atom is 0.322 e. The van der Waals surface area contributed by atoms with Crippen molar-refractivity contribution in [1.82, 2.24) is 20.1 Å². The number of nitriles is 1. The van der Waals surface area contributed by atoms with E-state index in [1.54, 1.807) is 29.4 Å². The Morgan fingerprint density at radius 1 is 1.39 bits per heavy atom. The Labute approximate surface area is 132 Å². The molecule has 4 heterocycles. The lowest BCUT2D eigenvalue weighted by molar-refractivity contribution is 0.252. The van der Waals surface area contributed by atoms with Gasteiger partial charge in [0.25, 0.3) is 0 Å². The van der Waals surface area contributed by atoms with Crippen LogP contribution in [-0.4, -0.2) is 47.0 Å². The van der Waals surface area contributed by atoms with Crippen LogP contribution in [0.15, 0.2) is 30.7 Å². The van der Waals surface area contributed by atoms with Crippen LogP contribution in [0, 0.1) is 11.3 Å². The number of rotatable bonds is 3. The zero-order chi connectivity index (χ0) is 15.8. The fraction of sp³-hybridized carbons (Fsp3) is 0.333. The summed E-state index contributed by atoms with van der Waals surface area (Å²) in [6, 6.07) is 5.85. The first-order chi connectivity index (χ1) is 11.3. The van der Waals surface area contributed by atoms with E-state index in [1.807, 2.05) is 10.9 Å². The summed E-state index contributed by atoms with van der Waals surface area (Å²) in [6.07, 6.45) is 5.31. The molecule has 2 aromatic heterocycles. The van der Waals surface area contributed by atoms with Crippen molar-refractivity contribution in [2.45, 2.75) is 6.04 Å².